The summed E-state index contributed by atoms with van der Waals surface area (Å²) in [5, 5.41) is 2.50. The van der Waals surface area contributed by atoms with Crippen LogP contribution in [0, 0.1) is 0 Å². The second-order valence-corrected chi connectivity index (χ2v) is 4.62. The molecule has 2 aromatic heterocycles. The molecule has 6 heteroatoms. The molecule has 0 aromatic carbocycles. The van der Waals surface area contributed by atoms with Gasteiger partial charge in [-0.05, 0) is 13.8 Å². The third kappa shape index (κ3) is 2.27. The number of aryl methyl sites for hydroxylation is 1. The van der Waals surface area contributed by atoms with Crippen LogP contribution in [0.25, 0.3) is 0 Å². The molecule has 5 nitrogen and oxygen atoms in total. The molecule has 0 aliphatic carbocycles. The Labute approximate surface area is 103 Å². The van der Waals surface area contributed by atoms with Crippen molar-refractivity contribution in [1.82, 2.24) is 14.5 Å². The number of rotatable bonds is 4. The lowest BCUT2D eigenvalue weighted by Gasteiger charge is -2.01. The minimum absolute atomic E-state index is 0.146. The van der Waals surface area contributed by atoms with E-state index in [-0.39, 0.29) is 11.8 Å². The van der Waals surface area contributed by atoms with Gasteiger partial charge in [0.15, 0.2) is 5.82 Å². The van der Waals surface area contributed by atoms with Gasteiger partial charge in [-0.15, -0.1) is 11.3 Å². The summed E-state index contributed by atoms with van der Waals surface area (Å²) in [5.41, 5.74) is 6.14. The van der Waals surface area contributed by atoms with Crippen molar-refractivity contribution in [1.29, 1.82) is 0 Å². The molecule has 0 bridgehead atoms. The summed E-state index contributed by atoms with van der Waals surface area (Å²) in [6.45, 7) is 4.53. The fourth-order valence-electron chi connectivity index (χ4n) is 1.49. The zero-order valence-electron chi connectivity index (χ0n) is 9.75. The molecule has 0 saturated carbocycles. The molecule has 0 radical (unpaired) electrons. The lowest BCUT2D eigenvalue weighted by Crippen LogP contribution is -2.11. The van der Waals surface area contributed by atoms with Gasteiger partial charge < -0.3 is 10.3 Å². The lowest BCUT2D eigenvalue weighted by molar-refractivity contribution is 0.102. The van der Waals surface area contributed by atoms with Gasteiger partial charge in [-0.25, -0.2) is 9.97 Å². The Hall–Kier alpha value is -1.53. The van der Waals surface area contributed by atoms with Crippen molar-refractivity contribution >= 4 is 17.1 Å². The summed E-state index contributed by atoms with van der Waals surface area (Å²) >= 11 is 1.40. The average molecular weight is 250 g/mol. The molecular formula is C11H14N4OS. The van der Waals surface area contributed by atoms with Crippen molar-refractivity contribution in [3.05, 3.63) is 34.3 Å². The van der Waals surface area contributed by atoms with Crippen molar-refractivity contribution in [3.63, 3.8) is 0 Å². The number of thiazole rings is 1. The first-order chi connectivity index (χ1) is 8.13. The Kier molecular flexibility index (Phi) is 3.35. The monoisotopic (exact) mass is 250 g/mol. The predicted octanol–water partition coefficient (Wildman–Crippen LogP) is 1.61. The number of nitrogens with zero attached hydrogens (tertiary/aromatic N) is 3. The van der Waals surface area contributed by atoms with Gasteiger partial charge >= 0.3 is 0 Å². The summed E-state index contributed by atoms with van der Waals surface area (Å²) in [4.78, 5) is 20.4. The summed E-state index contributed by atoms with van der Waals surface area (Å²) in [5.74, 6) is 0.272. The number of hydrogen-bond acceptors (Lipinski definition) is 5. The van der Waals surface area contributed by atoms with Crippen LogP contribution in [-0.2, 0) is 6.54 Å². The number of imidazole rings is 1. The van der Waals surface area contributed by atoms with Gasteiger partial charge in [-0.1, -0.05) is 0 Å². The number of hydrogen-bond donors (Lipinski definition) is 1. The van der Waals surface area contributed by atoms with Crippen molar-refractivity contribution in [2.75, 3.05) is 0 Å². The van der Waals surface area contributed by atoms with Crippen molar-refractivity contribution in [2.24, 2.45) is 5.73 Å². The Morgan fingerprint density at radius 3 is 3.00 bits per heavy atom. The van der Waals surface area contributed by atoms with E-state index >= 15 is 0 Å². The minimum Gasteiger partial charge on any atom is -0.328 e. The fraction of sp³-hybridized carbons (Fsp3) is 0.364. The molecule has 90 valence electrons. The Bertz CT molecular complexity index is 529. The van der Waals surface area contributed by atoms with Gasteiger partial charge in [0.25, 0.3) is 0 Å². The highest BCUT2D eigenvalue weighted by molar-refractivity contribution is 7.09. The van der Waals surface area contributed by atoms with E-state index in [0.717, 1.165) is 5.01 Å². The first-order valence-electron chi connectivity index (χ1n) is 5.40. The smallest absolute Gasteiger partial charge is 0.247 e. The minimum atomic E-state index is -0.153. The molecule has 0 spiro atoms. The van der Waals surface area contributed by atoms with E-state index in [1.807, 2.05) is 13.8 Å². The van der Waals surface area contributed by atoms with Crippen molar-refractivity contribution in [3.8, 4) is 0 Å². The number of carbonyl (C=O) groups excluding carboxylic acids is 1. The van der Waals surface area contributed by atoms with Gasteiger partial charge in [-0.2, -0.15) is 0 Å². The van der Waals surface area contributed by atoms with Crippen LogP contribution in [-0.4, -0.2) is 20.3 Å². The Morgan fingerprint density at radius 2 is 2.41 bits per heavy atom. The van der Waals surface area contributed by atoms with Gasteiger partial charge in [0.2, 0.25) is 5.78 Å². The Balaban J connectivity index is 2.30. The van der Waals surface area contributed by atoms with Crippen LogP contribution in [0.2, 0.25) is 0 Å². The van der Waals surface area contributed by atoms with Gasteiger partial charge in [0.1, 0.15) is 10.7 Å². The van der Waals surface area contributed by atoms with E-state index in [0.29, 0.717) is 18.1 Å². The van der Waals surface area contributed by atoms with E-state index in [2.05, 4.69) is 9.97 Å². The quantitative estimate of drug-likeness (QED) is 0.837. The molecule has 2 rings (SSSR count). The number of aromatic nitrogens is 3. The molecule has 0 saturated heterocycles. The molecule has 1 unspecified atom stereocenters. The summed E-state index contributed by atoms with van der Waals surface area (Å²) < 4.78 is 1.80. The topological polar surface area (TPSA) is 73.8 Å². The third-order valence-corrected chi connectivity index (χ3v) is 3.45. The van der Waals surface area contributed by atoms with Gasteiger partial charge in [0, 0.05) is 24.3 Å². The standard InChI is InChI=1S/C11H14N4OS/c1-3-15-5-4-13-10(15)9(16)8-6-17-11(14-8)7(2)12/h4-7H,3,12H2,1-2H3. The largest absolute Gasteiger partial charge is 0.328 e. The lowest BCUT2D eigenvalue weighted by atomic mass is 10.3. The molecule has 0 aliphatic rings. The molecule has 2 N–H and O–H groups in total. The molecule has 2 aromatic rings. The van der Waals surface area contributed by atoms with Gasteiger partial charge in [0.05, 0.1) is 6.04 Å². The van der Waals surface area contributed by atoms with E-state index in [1.54, 1.807) is 22.3 Å². The Morgan fingerprint density at radius 1 is 1.65 bits per heavy atom. The van der Waals surface area contributed by atoms with Crippen LogP contribution in [0.15, 0.2) is 17.8 Å². The normalized spacial score (nSPS) is 12.6. The maximum absolute atomic E-state index is 12.1. The zero-order valence-corrected chi connectivity index (χ0v) is 10.6. The first-order valence-corrected chi connectivity index (χ1v) is 6.28. The molecule has 0 aliphatic heterocycles. The average Bonchev–Trinajstić information content (AvgIpc) is 2.96. The highest BCUT2D eigenvalue weighted by atomic mass is 32.1. The zero-order chi connectivity index (χ0) is 12.4. The highest BCUT2D eigenvalue weighted by Crippen LogP contribution is 2.17. The van der Waals surface area contributed by atoms with Gasteiger partial charge in [-0.3, -0.25) is 4.79 Å². The molecule has 0 fully saturated rings. The van der Waals surface area contributed by atoms with E-state index in [9.17, 15) is 4.79 Å². The maximum Gasteiger partial charge on any atom is 0.247 e. The van der Waals surface area contributed by atoms with Crippen LogP contribution >= 0.6 is 11.3 Å². The second kappa shape index (κ2) is 4.77. The van der Waals surface area contributed by atoms with E-state index in [1.165, 1.54) is 11.3 Å². The molecule has 0 amide bonds. The fourth-order valence-corrected chi connectivity index (χ4v) is 2.25. The second-order valence-electron chi connectivity index (χ2n) is 3.73. The first kappa shape index (κ1) is 11.9. The molecule has 17 heavy (non-hydrogen) atoms. The number of carbonyl (C=O) groups is 1. The molecule has 2 heterocycles. The van der Waals surface area contributed by atoms with E-state index in [4.69, 9.17) is 5.73 Å². The maximum atomic E-state index is 12.1. The van der Waals surface area contributed by atoms with Crippen molar-refractivity contribution < 1.29 is 4.79 Å². The van der Waals surface area contributed by atoms with Crippen molar-refractivity contribution in [2.45, 2.75) is 26.4 Å². The molecular weight excluding hydrogens is 236 g/mol. The summed E-state index contributed by atoms with van der Waals surface area (Å²) in [6.07, 6.45) is 3.40. The van der Waals surface area contributed by atoms with Crippen LogP contribution < -0.4 is 5.73 Å². The van der Waals surface area contributed by atoms with E-state index < -0.39 is 0 Å². The van der Waals surface area contributed by atoms with Crippen LogP contribution in [0.4, 0.5) is 0 Å². The summed E-state index contributed by atoms with van der Waals surface area (Å²) in [7, 11) is 0. The molecule has 1 atom stereocenters. The SMILES string of the molecule is CCn1ccnc1C(=O)c1csc(C(C)N)n1. The van der Waals surface area contributed by atoms with Crippen LogP contribution in [0.1, 0.15) is 41.2 Å². The third-order valence-electron chi connectivity index (χ3n) is 2.40. The number of nitrogens with two attached hydrogens (primary N) is 1. The van der Waals surface area contributed by atoms with Crippen LogP contribution in [0.3, 0.4) is 0 Å². The highest BCUT2D eigenvalue weighted by Gasteiger charge is 2.18. The predicted molar refractivity (Wildman–Crippen MR) is 66.0 cm³/mol. The summed E-state index contributed by atoms with van der Waals surface area (Å²) in [6, 6.07) is -0.146. The van der Waals surface area contributed by atoms with Crippen LogP contribution in [0.5, 0.6) is 0 Å². The number of ketones is 1.